The molecule has 0 unspecified atom stereocenters. The van der Waals surface area contributed by atoms with E-state index in [1.807, 2.05) is 40.7 Å². The van der Waals surface area contributed by atoms with E-state index in [0.29, 0.717) is 17.8 Å². The smallest absolute Gasteiger partial charge is 0.336 e. The monoisotopic (exact) mass is 317 g/mol. The zero-order valence-corrected chi connectivity index (χ0v) is 14.3. The van der Waals surface area contributed by atoms with E-state index in [0.717, 1.165) is 16.5 Å². The molecule has 124 valence electrons. The van der Waals surface area contributed by atoms with Gasteiger partial charge in [0, 0.05) is 17.0 Å². The second-order valence-electron chi connectivity index (χ2n) is 6.64. The van der Waals surface area contributed by atoms with E-state index in [4.69, 9.17) is 9.15 Å². The summed E-state index contributed by atoms with van der Waals surface area (Å²) in [6.45, 7) is 9.54. The molecule has 0 radical (unpaired) electrons. The average Bonchev–Trinajstić information content (AvgIpc) is 2.42. The fourth-order valence-corrected chi connectivity index (χ4v) is 2.40. The molecule has 2 rings (SSSR count). The standard InChI is InChI=1S/C18H23NO4/c1-6-12-8-15-13(11(2)7-17(21)23-15)9-14(12)22-10-16(20)19-18(3,4)5/h7-9H,6,10H2,1-5H3,(H,19,20). The first-order valence-electron chi connectivity index (χ1n) is 7.71. The molecule has 5 nitrogen and oxygen atoms in total. The average molecular weight is 317 g/mol. The van der Waals surface area contributed by atoms with Gasteiger partial charge >= 0.3 is 5.63 Å². The van der Waals surface area contributed by atoms with Gasteiger partial charge in [-0.2, -0.15) is 0 Å². The number of aryl methyl sites for hydroxylation is 2. The molecule has 0 saturated heterocycles. The van der Waals surface area contributed by atoms with Crippen LogP contribution in [0.1, 0.15) is 38.8 Å². The molecule has 0 atom stereocenters. The molecule has 1 N–H and O–H groups in total. The molecule has 0 fully saturated rings. The third-order valence-corrected chi connectivity index (χ3v) is 3.39. The van der Waals surface area contributed by atoms with Gasteiger partial charge < -0.3 is 14.5 Å². The number of rotatable bonds is 4. The van der Waals surface area contributed by atoms with Crippen molar-refractivity contribution in [1.29, 1.82) is 0 Å². The highest BCUT2D eigenvalue weighted by Gasteiger charge is 2.15. The van der Waals surface area contributed by atoms with Gasteiger partial charge in [-0.1, -0.05) is 6.92 Å². The Labute approximate surface area is 135 Å². The van der Waals surface area contributed by atoms with Crippen molar-refractivity contribution in [1.82, 2.24) is 5.32 Å². The summed E-state index contributed by atoms with van der Waals surface area (Å²) in [6, 6.07) is 5.08. The number of benzene rings is 1. The number of hydrogen-bond acceptors (Lipinski definition) is 4. The van der Waals surface area contributed by atoms with Crippen molar-refractivity contribution in [3.8, 4) is 5.75 Å². The molecule has 0 aliphatic rings. The number of carbonyl (C=O) groups is 1. The van der Waals surface area contributed by atoms with Crippen LogP contribution in [0.4, 0.5) is 0 Å². The van der Waals surface area contributed by atoms with Crippen molar-refractivity contribution in [2.75, 3.05) is 6.61 Å². The number of fused-ring (bicyclic) bond motifs is 1. The minimum Gasteiger partial charge on any atom is -0.483 e. The zero-order valence-electron chi connectivity index (χ0n) is 14.3. The molecule has 1 heterocycles. The molecule has 1 amide bonds. The lowest BCUT2D eigenvalue weighted by Gasteiger charge is -2.21. The number of hydrogen-bond donors (Lipinski definition) is 1. The van der Waals surface area contributed by atoms with Gasteiger partial charge in [0.15, 0.2) is 6.61 Å². The summed E-state index contributed by atoms with van der Waals surface area (Å²) in [4.78, 5) is 23.4. The van der Waals surface area contributed by atoms with Crippen molar-refractivity contribution >= 4 is 16.9 Å². The lowest BCUT2D eigenvalue weighted by molar-refractivity contribution is -0.124. The van der Waals surface area contributed by atoms with E-state index in [9.17, 15) is 9.59 Å². The predicted octanol–water partition coefficient (Wildman–Crippen LogP) is 2.96. The summed E-state index contributed by atoms with van der Waals surface area (Å²) in [6.07, 6.45) is 0.712. The van der Waals surface area contributed by atoms with Crippen LogP contribution in [0.5, 0.6) is 5.75 Å². The SMILES string of the molecule is CCc1cc2oc(=O)cc(C)c2cc1OCC(=O)NC(C)(C)C. The Morgan fingerprint density at radius 2 is 1.96 bits per heavy atom. The molecular formula is C18H23NO4. The van der Waals surface area contributed by atoms with Gasteiger partial charge in [0.1, 0.15) is 11.3 Å². The summed E-state index contributed by atoms with van der Waals surface area (Å²) >= 11 is 0. The maximum absolute atomic E-state index is 11.9. The number of ether oxygens (including phenoxy) is 1. The molecule has 0 bridgehead atoms. The van der Waals surface area contributed by atoms with Gasteiger partial charge in [0.05, 0.1) is 0 Å². The minimum absolute atomic E-state index is 0.0500. The Kier molecular flexibility index (Phi) is 4.78. The van der Waals surface area contributed by atoms with Crippen molar-refractivity contribution < 1.29 is 13.9 Å². The summed E-state index contributed by atoms with van der Waals surface area (Å²) in [5, 5.41) is 3.67. The second kappa shape index (κ2) is 6.44. The lowest BCUT2D eigenvalue weighted by Crippen LogP contribution is -2.43. The van der Waals surface area contributed by atoms with Crippen molar-refractivity contribution in [2.24, 2.45) is 0 Å². The number of amides is 1. The van der Waals surface area contributed by atoms with Crippen LogP contribution in [-0.2, 0) is 11.2 Å². The van der Waals surface area contributed by atoms with Crippen LogP contribution in [0.25, 0.3) is 11.0 Å². The molecule has 0 saturated carbocycles. The van der Waals surface area contributed by atoms with Crippen LogP contribution in [0.2, 0.25) is 0 Å². The van der Waals surface area contributed by atoms with Gasteiger partial charge in [-0.3, -0.25) is 4.79 Å². The predicted molar refractivity (Wildman–Crippen MR) is 90.0 cm³/mol. The summed E-state index contributed by atoms with van der Waals surface area (Å²) in [5.41, 5.74) is 1.60. The maximum atomic E-state index is 11.9. The van der Waals surface area contributed by atoms with Gasteiger partial charge in [-0.05, 0) is 57.4 Å². The normalized spacial score (nSPS) is 11.5. The Hall–Kier alpha value is -2.30. The first-order chi connectivity index (χ1) is 10.7. The fourth-order valence-electron chi connectivity index (χ4n) is 2.40. The third-order valence-electron chi connectivity index (χ3n) is 3.39. The van der Waals surface area contributed by atoms with Gasteiger partial charge in [-0.15, -0.1) is 0 Å². The zero-order chi connectivity index (χ0) is 17.2. The van der Waals surface area contributed by atoms with E-state index in [-0.39, 0.29) is 23.7 Å². The van der Waals surface area contributed by atoms with E-state index in [1.54, 1.807) is 6.07 Å². The van der Waals surface area contributed by atoms with E-state index < -0.39 is 0 Å². The number of carbonyl (C=O) groups excluding carboxylic acids is 1. The van der Waals surface area contributed by atoms with Crippen LogP contribution in [-0.4, -0.2) is 18.1 Å². The van der Waals surface area contributed by atoms with Gasteiger partial charge in [0.2, 0.25) is 0 Å². The lowest BCUT2D eigenvalue weighted by atomic mass is 10.1. The molecule has 0 aliphatic heterocycles. The number of nitrogens with one attached hydrogen (secondary N) is 1. The van der Waals surface area contributed by atoms with E-state index in [2.05, 4.69) is 5.32 Å². The molecular weight excluding hydrogens is 294 g/mol. The molecule has 1 aromatic carbocycles. The van der Waals surface area contributed by atoms with Crippen LogP contribution in [0.3, 0.4) is 0 Å². The summed E-state index contributed by atoms with van der Waals surface area (Å²) < 4.78 is 10.9. The van der Waals surface area contributed by atoms with Crippen LogP contribution in [0, 0.1) is 6.92 Å². The largest absolute Gasteiger partial charge is 0.483 e. The van der Waals surface area contributed by atoms with Crippen molar-refractivity contribution in [2.45, 2.75) is 46.6 Å². The van der Waals surface area contributed by atoms with Crippen LogP contribution in [0.15, 0.2) is 27.4 Å². The molecule has 0 spiro atoms. The molecule has 1 aromatic heterocycles. The van der Waals surface area contributed by atoms with E-state index in [1.165, 1.54) is 6.07 Å². The van der Waals surface area contributed by atoms with Crippen LogP contribution < -0.4 is 15.7 Å². The molecule has 5 heteroatoms. The second-order valence-corrected chi connectivity index (χ2v) is 6.64. The first-order valence-corrected chi connectivity index (χ1v) is 7.71. The Morgan fingerprint density at radius 1 is 1.26 bits per heavy atom. The maximum Gasteiger partial charge on any atom is 0.336 e. The Balaban J connectivity index is 2.29. The summed E-state index contributed by atoms with van der Waals surface area (Å²) in [7, 11) is 0. The molecule has 0 aliphatic carbocycles. The highest BCUT2D eigenvalue weighted by atomic mass is 16.5. The van der Waals surface area contributed by atoms with Gasteiger partial charge in [-0.25, -0.2) is 4.79 Å². The quantitative estimate of drug-likeness (QED) is 0.880. The minimum atomic E-state index is -0.365. The Bertz CT molecular complexity index is 784. The van der Waals surface area contributed by atoms with Gasteiger partial charge in [0.25, 0.3) is 5.91 Å². The van der Waals surface area contributed by atoms with Crippen molar-refractivity contribution in [3.05, 3.63) is 39.7 Å². The molecule has 2 aromatic rings. The van der Waals surface area contributed by atoms with E-state index >= 15 is 0 Å². The first kappa shape index (κ1) is 17.1. The summed E-state index contributed by atoms with van der Waals surface area (Å²) in [5.74, 6) is 0.469. The topological polar surface area (TPSA) is 68.5 Å². The highest BCUT2D eigenvalue weighted by Crippen LogP contribution is 2.27. The Morgan fingerprint density at radius 3 is 2.57 bits per heavy atom. The fraction of sp³-hybridized carbons (Fsp3) is 0.444. The third kappa shape index (κ3) is 4.34. The van der Waals surface area contributed by atoms with Crippen molar-refractivity contribution in [3.63, 3.8) is 0 Å². The molecule has 23 heavy (non-hydrogen) atoms. The highest BCUT2D eigenvalue weighted by molar-refractivity contribution is 5.83. The van der Waals surface area contributed by atoms with Crippen LogP contribution >= 0.6 is 0 Å².